The molecule has 2 heterocycles. The van der Waals surface area contributed by atoms with Gasteiger partial charge in [-0.25, -0.2) is 4.79 Å². The van der Waals surface area contributed by atoms with Crippen molar-refractivity contribution in [1.29, 1.82) is 0 Å². The molecule has 0 spiro atoms. The molecule has 122 valence electrons. The molecular formula is C16H31N3O2. The minimum absolute atomic E-state index is 0.0328. The maximum atomic E-state index is 12.2. The predicted molar refractivity (Wildman–Crippen MR) is 84.2 cm³/mol. The highest BCUT2D eigenvalue weighted by Crippen LogP contribution is 2.18. The number of amides is 2. The number of rotatable bonds is 4. The fourth-order valence-corrected chi connectivity index (χ4v) is 3.34. The van der Waals surface area contributed by atoms with Gasteiger partial charge in [-0.2, -0.15) is 0 Å². The lowest BCUT2D eigenvalue weighted by Crippen LogP contribution is -2.50. The monoisotopic (exact) mass is 297 g/mol. The summed E-state index contributed by atoms with van der Waals surface area (Å²) in [6.07, 6.45) is 4.56. The molecule has 2 amide bonds. The van der Waals surface area contributed by atoms with Gasteiger partial charge < -0.3 is 15.3 Å². The second-order valence-corrected chi connectivity index (χ2v) is 6.89. The zero-order valence-corrected chi connectivity index (χ0v) is 13.6. The molecule has 2 aliphatic heterocycles. The second kappa shape index (κ2) is 7.99. The Morgan fingerprint density at radius 1 is 1.29 bits per heavy atom. The molecule has 5 nitrogen and oxygen atoms in total. The number of nitrogens with one attached hydrogen (secondary N) is 1. The summed E-state index contributed by atoms with van der Waals surface area (Å²) in [7, 11) is 0. The van der Waals surface area contributed by atoms with Gasteiger partial charge >= 0.3 is 6.03 Å². The Kier molecular flexibility index (Phi) is 6.30. The number of hydrogen-bond donors (Lipinski definition) is 2. The lowest BCUT2D eigenvalue weighted by Gasteiger charge is -2.36. The molecule has 0 aliphatic carbocycles. The molecule has 0 aromatic carbocycles. The lowest BCUT2D eigenvalue weighted by atomic mass is 9.98. The van der Waals surface area contributed by atoms with Gasteiger partial charge in [-0.1, -0.05) is 6.92 Å². The van der Waals surface area contributed by atoms with Crippen molar-refractivity contribution in [2.75, 3.05) is 39.3 Å². The van der Waals surface area contributed by atoms with E-state index in [0.29, 0.717) is 19.1 Å². The molecule has 2 unspecified atom stereocenters. The van der Waals surface area contributed by atoms with E-state index in [0.717, 1.165) is 38.4 Å². The summed E-state index contributed by atoms with van der Waals surface area (Å²) in [6.45, 7) is 9.22. The van der Waals surface area contributed by atoms with Crippen LogP contribution in [0.3, 0.4) is 0 Å². The molecule has 2 rings (SSSR count). The van der Waals surface area contributed by atoms with Crippen LogP contribution in [0.4, 0.5) is 4.79 Å². The van der Waals surface area contributed by atoms with Gasteiger partial charge in [0.1, 0.15) is 0 Å². The van der Waals surface area contributed by atoms with Gasteiger partial charge in [-0.3, -0.25) is 4.90 Å². The standard InChI is InChI=1S/C16H31N3O2/c1-13-5-8-18(9-6-13)14(2)10-17-16(21)19-7-3-4-15(11-19)12-20/h13-15,20H,3-12H2,1-2H3,(H,17,21). The molecule has 2 aliphatic rings. The molecule has 21 heavy (non-hydrogen) atoms. The molecule has 2 N–H and O–H groups in total. The van der Waals surface area contributed by atoms with Crippen LogP contribution < -0.4 is 5.32 Å². The van der Waals surface area contributed by atoms with Crippen molar-refractivity contribution in [2.24, 2.45) is 11.8 Å². The molecule has 2 fully saturated rings. The normalized spacial score (nSPS) is 26.6. The molecule has 0 bridgehead atoms. The number of hydrogen-bond acceptors (Lipinski definition) is 3. The summed E-state index contributed by atoms with van der Waals surface area (Å²) < 4.78 is 0. The Labute approximate surface area is 128 Å². The smallest absolute Gasteiger partial charge is 0.317 e. The zero-order valence-electron chi connectivity index (χ0n) is 13.6. The number of likely N-dealkylation sites (tertiary alicyclic amines) is 2. The van der Waals surface area contributed by atoms with Crippen LogP contribution in [0.2, 0.25) is 0 Å². The minimum atomic E-state index is 0.0328. The molecule has 0 aromatic heterocycles. The highest BCUT2D eigenvalue weighted by molar-refractivity contribution is 5.74. The van der Waals surface area contributed by atoms with E-state index in [2.05, 4.69) is 24.1 Å². The van der Waals surface area contributed by atoms with E-state index < -0.39 is 0 Å². The van der Waals surface area contributed by atoms with Crippen molar-refractivity contribution in [3.8, 4) is 0 Å². The second-order valence-electron chi connectivity index (χ2n) is 6.89. The SMILES string of the molecule is CC1CCN(C(C)CNC(=O)N2CCCC(CO)C2)CC1. The van der Waals surface area contributed by atoms with Gasteiger partial charge in [0.2, 0.25) is 0 Å². The van der Waals surface area contributed by atoms with Crippen LogP contribution in [0.5, 0.6) is 0 Å². The molecule has 0 aromatic rings. The summed E-state index contributed by atoms with van der Waals surface area (Å²) in [4.78, 5) is 16.5. The number of nitrogens with zero attached hydrogens (tertiary/aromatic N) is 2. The maximum absolute atomic E-state index is 12.2. The van der Waals surface area contributed by atoms with Crippen LogP contribution in [0.1, 0.15) is 39.5 Å². The average molecular weight is 297 g/mol. The Bertz CT molecular complexity index is 329. The van der Waals surface area contributed by atoms with E-state index in [4.69, 9.17) is 0 Å². The summed E-state index contributed by atoms with van der Waals surface area (Å²) >= 11 is 0. The van der Waals surface area contributed by atoms with E-state index in [1.54, 1.807) is 0 Å². The molecule has 5 heteroatoms. The van der Waals surface area contributed by atoms with Gasteiger partial charge in [0.15, 0.2) is 0 Å². The third-order valence-corrected chi connectivity index (χ3v) is 5.05. The fourth-order valence-electron chi connectivity index (χ4n) is 3.34. The number of piperidine rings is 2. The molecule has 0 saturated carbocycles. The lowest BCUT2D eigenvalue weighted by molar-refractivity contribution is 0.122. The van der Waals surface area contributed by atoms with Crippen LogP contribution >= 0.6 is 0 Å². The number of carbonyl (C=O) groups excluding carboxylic acids is 1. The molecule has 0 radical (unpaired) electrons. The Hall–Kier alpha value is -0.810. The first kappa shape index (κ1) is 16.6. The summed E-state index contributed by atoms with van der Waals surface area (Å²) in [6, 6.07) is 0.435. The van der Waals surface area contributed by atoms with Crippen molar-refractivity contribution >= 4 is 6.03 Å². The largest absolute Gasteiger partial charge is 0.396 e. The number of aliphatic hydroxyl groups is 1. The van der Waals surface area contributed by atoms with Crippen molar-refractivity contribution in [3.05, 3.63) is 0 Å². The first-order valence-electron chi connectivity index (χ1n) is 8.47. The fraction of sp³-hybridized carbons (Fsp3) is 0.938. The summed E-state index contributed by atoms with van der Waals surface area (Å²) in [5, 5.41) is 12.3. The average Bonchev–Trinajstić information content (AvgIpc) is 2.53. The number of urea groups is 1. The summed E-state index contributed by atoms with van der Waals surface area (Å²) in [5.74, 6) is 1.09. The van der Waals surface area contributed by atoms with E-state index in [1.165, 1.54) is 12.8 Å². The zero-order chi connectivity index (χ0) is 15.2. The van der Waals surface area contributed by atoms with Crippen LogP contribution in [0, 0.1) is 11.8 Å². The molecule has 2 atom stereocenters. The van der Waals surface area contributed by atoms with E-state index in [-0.39, 0.29) is 18.6 Å². The first-order valence-corrected chi connectivity index (χ1v) is 8.47. The topological polar surface area (TPSA) is 55.8 Å². The molecule has 2 saturated heterocycles. The maximum Gasteiger partial charge on any atom is 0.317 e. The van der Waals surface area contributed by atoms with E-state index in [1.807, 2.05) is 4.90 Å². The van der Waals surface area contributed by atoms with Gasteiger partial charge in [0, 0.05) is 32.3 Å². The summed E-state index contributed by atoms with van der Waals surface area (Å²) in [5.41, 5.74) is 0. The minimum Gasteiger partial charge on any atom is -0.396 e. The van der Waals surface area contributed by atoms with Crippen molar-refractivity contribution in [2.45, 2.75) is 45.6 Å². The highest BCUT2D eigenvalue weighted by atomic mass is 16.3. The van der Waals surface area contributed by atoms with Crippen LogP contribution in [-0.4, -0.2) is 66.3 Å². The van der Waals surface area contributed by atoms with Crippen LogP contribution in [-0.2, 0) is 0 Å². The molecular weight excluding hydrogens is 266 g/mol. The predicted octanol–water partition coefficient (Wildman–Crippen LogP) is 1.52. The highest BCUT2D eigenvalue weighted by Gasteiger charge is 2.24. The van der Waals surface area contributed by atoms with Crippen molar-refractivity contribution in [3.63, 3.8) is 0 Å². The Morgan fingerprint density at radius 2 is 2.00 bits per heavy atom. The van der Waals surface area contributed by atoms with E-state index in [9.17, 15) is 9.90 Å². The quantitative estimate of drug-likeness (QED) is 0.827. The van der Waals surface area contributed by atoms with Gasteiger partial charge in [-0.15, -0.1) is 0 Å². The Balaban J connectivity index is 1.70. The first-order chi connectivity index (χ1) is 10.1. The number of carbonyl (C=O) groups is 1. The van der Waals surface area contributed by atoms with Gasteiger partial charge in [0.05, 0.1) is 0 Å². The third-order valence-electron chi connectivity index (χ3n) is 5.05. The van der Waals surface area contributed by atoms with Gasteiger partial charge in [-0.05, 0) is 57.5 Å². The van der Waals surface area contributed by atoms with Crippen LogP contribution in [0.15, 0.2) is 0 Å². The van der Waals surface area contributed by atoms with Crippen LogP contribution in [0.25, 0.3) is 0 Å². The Morgan fingerprint density at radius 3 is 2.67 bits per heavy atom. The van der Waals surface area contributed by atoms with E-state index >= 15 is 0 Å². The number of aliphatic hydroxyl groups excluding tert-OH is 1. The van der Waals surface area contributed by atoms with Crippen molar-refractivity contribution in [1.82, 2.24) is 15.1 Å². The third kappa shape index (κ3) is 4.85. The van der Waals surface area contributed by atoms with Gasteiger partial charge in [0.25, 0.3) is 0 Å². The van der Waals surface area contributed by atoms with Crippen molar-refractivity contribution < 1.29 is 9.90 Å².